The average Bonchev–Trinajstić information content (AvgIpc) is 3.50. The van der Waals surface area contributed by atoms with Gasteiger partial charge in [-0.1, -0.05) is 206 Å². The van der Waals surface area contributed by atoms with Crippen molar-refractivity contribution in [2.45, 2.75) is 13.8 Å². The molecule has 0 radical (unpaired) electrons. The van der Waals surface area contributed by atoms with Crippen LogP contribution >= 0.6 is 0 Å². The number of hydrogen-bond acceptors (Lipinski definition) is 4. The standard InChI is InChI=1S/C25H21N.C19H17N.C15H17N.C13H13N/c1-26(24-16-12-22(13-17-24)20-8-4-2-5-9-20)25-18-14-23(15-19-25)21-10-6-3-7-11-21;1-20(18-10-6-3-7-11-18)19-14-12-17(13-15-19)16-8-4-2-5-9-16;1-12-6-4-8-14(10-12)16(3)15-9-5-7-13(2)11-15;1-14(12-8-4-2-5-9-12)13-10-6-3-7-11-13/h2-19H,1H3;2-15H,1H3;4-11H,1-3H3;2-11H,1H3. The number of benzene rings is 11. The van der Waals surface area contributed by atoms with Crippen molar-refractivity contribution in [2.75, 3.05) is 47.8 Å². The van der Waals surface area contributed by atoms with Gasteiger partial charge in [0, 0.05) is 73.7 Å². The van der Waals surface area contributed by atoms with Crippen LogP contribution in [0.3, 0.4) is 0 Å². The fourth-order valence-electron chi connectivity index (χ4n) is 8.75. The van der Waals surface area contributed by atoms with Crippen molar-refractivity contribution in [1.82, 2.24) is 0 Å². The molecule has 0 saturated heterocycles. The van der Waals surface area contributed by atoms with Gasteiger partial charge in [-0.25, -0.2) is 0 Å². The molecule has 0 unspecified atom stereocenters. The van der Waals surface area contributed by atoms with Crippen molar-refractivity contribution in [3.05, 3.63) is 314 Å². The highest BCUT2D eigenvalue weighted by Gasteiger charge is 2.08. The maximum Gasteiger partial charge on any atom is 0.0410 e. The van der Waals surface area contributed by atoms with Gasteiger partial charge in [0.25, 0.3) is 0 Å². The third-order valence-corrected chi connectivity index (χ3v) is 13.3. The largest absolute Gasteiger partial charge is 0.345 e. The first-order valence-corrected chi connectivity index (χ1v) is 25.9. The van der Waals surface area contributed by atoms with Crippen LogP contribution in [0.25, 0.3) is 33.4 Å². The van der Waals surface area contributed by atoms with Crippen molar-refractivity contribution in [2.24, 2.45) is 0 Å². The molecule has 0 bridgehead atoms. The van der Waals surface area contributed by atoms with Crippen LogP contribution in [0.2, 0.25) is 0 Å². The third kappa shape index (κ3) is 14.9. The van der Waals surface area contributed by atoms with Crippen molar-refractivity contribution in [1.29, 1.82) is 0 Å². The van der Waals surface area contributed by atoms with Gasteiger partial charge in [-0.2, -0.15) is 0 Å². The van der Waals surface area contributed by atoms with Crippen LogP contribution in [0, 0.1) is 13.8 Å². The number of aryl methyl sites for hydroxylation is 2. The minimum Gasteiger partial charge on any atom is -0.345 e. The summed E-state index contributed by atoms with van der Waals surface area (Å²) in [5, 5.41) is 0. The SMILES string of the molecule is CN(c1ccc(-c2ccccc2)cc1)c1ccc(-c2ccccc2)cc1.CN(c1ccccc1)c1ccc(-c2ccccc2)cc1.CN(c1ccccc1)c1ccccc1.Cc1cccc(N(C)c2cccc(C)c2)c1. The number of nitrogens with zero attached hydrogens (tertiary/aromatic N) is 4. The Balaban J connectivity index is 0.000000138. The Kier molecular flexibility index (Phi) is 18.8. The second-order valence-corrected chi connectivity index (χ2v) is 18.7. The minimum absolute atomic E-state index is 1.18. The van der Waals surface area contributed by atoms with Gasteiger partial charge in [-0.3, -0.25) is 0 Å². The molecule has 11 rings (SSSR count). The molecule has 0 aliphatic heterocycles. The summed E-state index contributed by atoms with van der Waals surface area (Å²) in [7, 11) is 8.37. The molecule has 11 aromatic rings. The van der Waals surface area contributed by atoms with E-state index in [0.29, 0.717) is 0 Å². The molecule has 0 aliphatic carbocycles. The van der Waals surface area contributed by atoms with E-state index in [-0.39, 0.29) is 0 Å². The molecule has 0 aliphatic rings. The van der Waals surface area contributed by atoms with E-state index in [0.717, 1.165) is 0 Å². The summed E-state index contributed by atoms with van der Waals surface area (Å²) < 4.78 is 0. The Morgan fingerprint density at radius 3 is 0.592 bits per heavy atom. The summed E-state index contributed by atoms with van der Waals surface area (Å²) in [6.45, 7) is 4.24. The van der Waals surface area contributed by atoms with Crippen molar-refractivity contribution < 1.29 is 0 Å². The van der Waals surface area contributed by atoms with E-state index in [1.165, 1.54) is 90.0 Å². The molecule has 0 heterocycles. The molecule has 76 heavy (non-hydrogen) atoms. The molecule has 0 atom stereocenters. The highest BCUT2D eigenvalue weighted by Crippen LogP contribution is 2.31. The lowest BCUT2D eigenvalue weighted by atomic mass is 10.0. The van der Waals surface area contributed by atoms with Crippen LogP contribution in [0.1, 0.15) is 11.1 Å². The Bertz CT molecular complexity index is 3220. The summed E-state index contributed by atoms with van der Waals surface area (Å²) in [6, 6.07) is 106. The minimum atomic E-state index is 1.18. The lowest BCUT2D eigenvalue weighted by molar-refractivity contribution is 1.19. The molecule has 0 fully saturated rings. The molecule has 0 saturated carbocycles. The second kappa shape index (κ2) is 27.1. The fraction of sp³-hybridized carbons (Fsp3) is 0.0833. The summed E-state index contributed by atoms with van der Waals surface area (Å²) in [6.07, 6.45) is 0. The predicted octanol–water partition coefficient (Wildman–Crippen LogP) is 19.4. The normalized spacial score (nSPS) is 10.2. The Hall–Kier alpha value is -9.38. The molecule has 0 spiro atoms. The average molecular weight is 989 g/mol. The zero-order chi connectivity index (χ0) is 52.9. The Morgan fingerprint density at radius 2 is 0.355 bits per heavy atom. The van der Waals surface area contributed by atoms with E-state index < -0.39 is 0 Å². The number of rotatable bonds is 11. The highest BCUT2D eigenvalue weighted by molar-refractivity contribution is 5.73. The van der Waals surface area contributed by atoms with Gasteiger partial charge in [-0.15, -0.1) is 0 Å². The third-order valence-electron chi connectivity index (χ3n) is 13.3. The first-order valence-electron chi connectivity index (χ1n) is 25.9. The lowest BCUT2D eigenvalue weighted by Gasteiger charge is -2.20. The monoisotopic (exact) mass is 989 g/mol. The smallest absolute Gasteiger partial charge is 0.0410 e. The fourth-order valence-corrected chi connectivity index (χ4v) is 8.75. The Morgan fingerprint density at radius 1 is 0.171 bits per heavy atom. The number of hydrogen-bond donors (Lipinski definition) is 0. The zero-order valence-corrected chi connectivity index (χ0v) is 44.7. The molecule has 4 heteroatoms. The van der Waals surface area contributed by atoms with Crippen LogP contribution in [0.15, 0.2) is 303 Å². The van der Waals surface area contributed by atoms with Gasteiger partial charge in [0.15, 0.2) is 0 Å². The van der Waals surface area contributed by atoms with Gasteiger partial charge in [0.05, 0.1) is 0 Å². The summed E-state index contributed by atoms with van der Waals surface area (Å²) in [5.74, 6) is 0. The molecule has 0 aromatic heterocycles. The molecule has 0 amide bonds. The van der Waals surface area contributed by atoms with Crippen molar-refractivity contribution in [3.8, 4) is 33.4 Å². The maximum atomic E-state index is 2.21. The number of para-hydroxylation sites is 3. The zero-order valence-electron chi connectivity index (χ0n) is 44.7. The van der Waals surface area contributed by atoms with Crippen LogP contribution in [0.4, 0.5) is 45.5 Å². The topological polar surface area (TPSA) is 13.0 Å². The quantitative estimate of drug-likeness (QED) is 0.128. The van der Waals surface area contributed by atoms with Gasteiger partial charge in [0.1, 0.15) is 0 Å². The first kappa shape index (κ1) is 52.9. The van der Waals surface area contributed by atoms with E-state index in [1.807, 2.05) is 36.4 Å². The van der Waals surface area contributed by atoms with Gasteiger partial charge in [0.2, 0.25) is 0 Å². The van der Waals surface area contributed by atoms with Crippen molar-refractivity contribution >= 4 is 45.5 Å². The summed E-state index contributed by atoms with van der Waals surface area (Å²) in [4.78, 5) is 8.78. The van der Waals surface area contributed by atoms with E-state index in [9.17, 15) is 0 Å². The van der Waals surface area contributed by atoms with E-state index in [4.69, 9.17) is 0 Å². The van der Waals surface area contributed by atoms with Gasteiger partial charge >= 0.3 is 0 Å². The van der Waals surface area contributed by atoms with E-state index >= 15 is 0 Å². The summed E-state index contributed by atoms with van der Waals surface area (Å²) in [5.41, 5.74) is 19.7. The van der Waals surface area contributed by atoms with E-state index in [2.05, 4.69) is 329 Å². The maximum absolute atomic E-state index is 2.21. The Labute approximate surface area is 452 Å². The van der Waals surface area contributed by atoms with E-state index in [1.54, 1.807) is 0 Å². The van der Waals surface area contributed by atoms with Crippen molar-refractivity contribution in [3.63, 3.8) is 0 Å². The van der Waals surface area contributed by atoms with Crippen LogP contribution < -0.4 is 19.6 Å². The van der Waals surface area contributed by atoms with Crippen LogP contribution in [-0.4, -0.2) is 28.2 Å². The van der Waals surface area contributed by atoms with Gasteiger partial charge < -0.3 is 19.6 Å². The first-order chi connectivity index (χ1) is 37.2. The molecule has 376 valence electrons. The lowest BCUT2D eigenvalue weighted by Crippen LogP contribution is -2.09. The highest BCUT2D eigenvalue weighted by atomic mass is 15.1. The molecule has 11 aromatic carbocycles. The molecule has 4 nitrogen and oxygen atoms in total. The second-order valence-electron chi connectivity index (χ2n) is 18.7. The molecular formula is C72H68N4. The predicted molar refractivity (Wildman–Crippen MR) is 330 cm³/mol. The summed E-state index contributed by atoms with van der Waals surface area (Å²) >= 11 is 0. The molecule has 0 N–H and O–H groups in total. The number of anilines is 8. The molecular weight excluding hydrogens is 921 g/mol. The van der Waals surface area contributed by atoms with Crippen LogP contribution in [-0.2, 0) is 0 Å². The van der Waals surface area contributed by atoms with Crippen LogP contribution in [0.5, 0.6) is 0 Å². The van der Waals surface area contributed by atoms with Gasteiger partial charge in [-0.05, 0) is 155 Å².